The van der Waals surface area contributed by atoms with E-state index in [1.54, 1.807) is 0 Å². The number of hydrogen-bond donors (Lipinski definition) is 1. The maximum absolute atomic E-state index is 10.2. The molecule has 0 amide bonds. The first-order valence-electron chi connectivity index (χ1n) is 5.53. The first kappa shape index (κ1) is 9.78. The highest BCUT2D eigenvalue weighted by molar-refractivity contribution is 5.12. The monoisotopic (exact) mass is 193 g/mol. The third kappa shape index (κ3) is 1.59. The van der Waals surface area contributed by atoms with Gasteiger partial charge in [-0.1, -0.05) is 13.8 Å². The zero-order valence-electron chi connectivity index (χ0n) is 8.98. The van der Waals surface area contributed by atoms with Crippen LogP contribution < -0.4 is 0 Å². The van der Waals surface area contributed by atoms with E-state index in [0.717, 1.165) is 18.7 Å². The second-order valence-corrected chi connectivity index (χ2v) is 4.62. The number of rotatable bonds is 1. The molecule has 0 aliphatic carbocycles. The number of aliphatic hydroxyl groups excluding tert-OH is 1. The number of aryl methyl sites for hydroxylation is 1. The molecule has 1 N–H and O–H groups in total. The van der Waals surface area contributed by atoms with Gasteiger partial charge in [-0.2, -0.15) is 0 Å². The molecule has 2 heterocycles. The number of aliphatic hydroxyl groups is 1. The molecule has 0 bridgehead atoms. The summed E-state index contributed by atoms with van der Waals surface area (Å²) in [5.74, 6) is 0.984. The predicted molar refractivity (Wildman–Crippen MR) is 57.0 cm³/mol. The molecule has 2 nitrogen and oxygen atoms in total. The van der Waals surface area contributed by atoms with Gasteiger partial charge in [-0.25, -0.2) is 0 Å². The van der Waals surface area contributed by atoms with Crippen LogP contribution in [-0.4, -0.2) is 9.67 Å². The van der Waals surface area contributed by atoms with Gasteiger partial charge >= 0.3 is 0 Å². The van der Waals surface area contributed by atoms with E-state index >= 15 is 0 Å². The van der Waals surface area contributed by atoms with Crippen molar-refractivity contribution in [2.75, 3.05) is 0 Å². The van der Waals surface area contributed by atoms with Crippen LogP contribution in [0, 0.1) is 11.8 Å². The van der Waals surface area contributed by atoms with Gasteiger partial charge in [0.25, 0.3) is 0 Å². The van der Waals surface area contributed by atoms with Crippen LogP contribution in [0.5, 0.6) is 0 Å². The standard InChI is InChI=1S/C12H19NO/c1-9(2)10-5-3-7-13-8-4-6-11(13)12(10)14/h4,6,8-10,12,14H,3,5,7H2,1-2H3. The van der Waals surface area contributed by atoms with Crippen LogP contribution in [-0.2, 0) is 6.54 Å². The first-order valence-corrected chi connectivity index (χ1v) is 5.53. The lowest BCUT2D eigenvalue weighted by molar-refractivity contribution is 0.0754. The molecular formula is C12H19NO. The summed E-state index contributed by atoms with van der Waals surface area (Å²) in [7, 11) is 0. The van der Waals surface area contributed by atoms with Crippen LogP contribution in [0.15, 0.2) is 18.3 Å². The Morgan fingerprint density at radius 3 is 3.00 bits per heavy atom. The summed E-state index contributed by atoms with van der Waals surface area (Å²) in [6.07, 6.45) is 4.12. The molecule has 0 saturated carbocycles. The summed E-state index contributed by atoms with van der Waals surface area (Å²) in [6, 6.07) is 4.08. The van der Waals surface area contributed by atoms with Gasteiger partial charge in [0.2, 0.25) is 0 Å². The fraction of sp³-hybridized carbons (Fsp3) is 0.667. The minimum Gasteiger partial charge on any atom is -0.387 e. The normalized spacial score (nSPS) is 27.4. The smallest absolute Gasteiger partial charge is 0.0970 e. The molecule has 0 aromatic carbocycles. The summed E-state index contributed by atoms with van der Waals surface area (Å²) in [5.41, 5.74) is 1.10. The average Bonchev–Trinajstić information content (AvgIpc) is 2.53. The number of hydrogen-bond acceptors (Lipinski definition) is 1. The minimum absolute atomic E-state index is 0.271. The Balaban J connectivity index is 2.29. The Bertz CT molecular complexity index is 303. The molecule has 2 heteroatoms. The fourth-order valence-electron chi connectivity index (χ4n) is 2.47. The highest BCUT2D eigenvalue weighted by Crippen LogP contribution is 2.34. The maximum atomic E-state index is 10.2. The maximum Gasteiger partial charge on any atom is 0.0970 e. The van der Waals surface area contributed by atoms with Crippen molar-refractivity contribution >= 4 is 0 Å². The molecule has 2 unspecified atom stereocenters. The van der Waals surface area contributed by atoms with Gasteiger partial charge in [-0.05, 0) is 36.8 Å². The van der Waals surface area contributed by atoms with Crippen molar-refractivity contribution in [3.05, 3.63) is 24.0 Å². The van der Waals surface area contributed by atoms with E-state index in [4.69, 9.17) is 0 Å². The molecule has 1 aromatic heterocycles. The Morgan fingerprint density at radius 2 is 2.29 bits per heavy atom. The van der Waals surface area contributed by atoms with E-state index in [1.165, 1.54) is 6.42 Å². The number of nitrogens with zero attached hydrogens (tertiary/aromatic N) is 1. The molecule has 0 saturated heterocycles. The largest absolute Gasteiger partial charge is 0.387 e. The van der Waals surface area contributed by atoms with E-state index in [-0.39, 0.29) is 6.10 Å². The molecular weight excluding hydrogens is 174 g/mol. The average molecular weight is 193 g/mol. The zero-order valence-corrected chi connectivity index (χ0v) is 8.98. The van der Waals surface area contributed by atoms with Gasteiger partial charge in [0.15, 0.2) is 0 Å². The van der Waals surface area contributed by atoms with Crippen molar-refractivity contribution in [1.29, 1.82) is 0 Å². The third-order valence-electron chi connectivity index (χ3n) is 3.37. The molecule has 1 aliphatic heterocycles. The van der Waals surface area contributed by atoms with Crippen LogP contribution in [0.4, 0.5) is 0 Å². The Kier molecular flexibility index (Phi) is 2.64. The summed E-state index contributed by atoms with van der Waals surface area (Å²) < 4.78 is 2.19. The van der Waals surface area contributed by atoms with Crippen LogP contribution in [0.2, 0.25) is 0 Å². The second-order valence-electron chi connectivity index (χ2n) is 4.62. The van der Waals surface area contributed by atoms with Crippen LogP contribution in [0.1, 0.15) is 38.5 Å². The lowest BCUT2D eigenvalue weighted by Crippen LogP contribution is -2.17. The Morgan fingerprint density at radius 1 is 1.50 bits per heavy atom. The van der Waals surface area contributed by atoms with E-state index in [0.29, 0.717) is 11.8 Å². The number of aromatic nitrogens is 1. The van der Waals surface area contributed by atoms with Crippen LogP contribution in [0.3, 0.4) is 0 Å². The fourth-order valence-corrected chi connectivity index (χ4v) is 2.47. The van der Waals surface area contributed by atoms with Crippen LogP contribution in [0.25, 0.3) is 0 Å². The quantitative estimate of drug-likeness (QED) is 0.728. The molecule has 2 atom stereocenters. The first-order chi connectivity index (χ1) is 6.70. The molecule has 0 fully saturated rings. The molecule has 0 radical (unpaired) electrons. The van der Waals surface area contributed by atoms with Gasteiger partial charge in [-0.3, -0.25) is 0 Å². The van der Waals surface area contributed by atoms with E-state index in [9.17, 15) is 5.11 Å². The van der Waals surface area contributed by atoms with Crippen molar-refractivity contribution in [2.45, 2.75) is 39.3 Å². The van der Waals surface area contributed by atoms with Crippen LogP contribution >= 0.6 is 0 Å². The SMILES string of the molecule is CC(C)C1CCCn2cccc2C1O. The van der Waals surface area contributed by atoms with Crippen molar-refractivity contribution < 1.29 is 5.11 Å². The van der Waals surface area contributed by atoms with Crippen molar-refractivity contribution in [2.24, 2.45) is 11.8 Å². The molecule has 1 aliphatic rings. The van der Waals surface area contributed by atoms with Gasteiger partial charge in [-0.15, -0.1) is 0 Å². The molecule has 0 spiro atoms. The second kappa shape index (κ2) is 3.77. The highest BCUT2D eigenvalue weighted by atomic mass is 16.3. The number of fused-ring (bicyclic) bond motifs is 1. The minimum atomic E-state index is -0.271. The molecule has 14 heavy (non-hydrogen) atoms. The van der Waals surface area contributed by atoms with Crippen molar-refractivity contribution in [1.82, 2.24) is 4.57 Å². The third-order valence-corrected chi connectivity index (χ3v) is 3.37. The van der Waals surface area contributed by atoms with E-state index in [1.807, 2.05) is 12.1 Å². The van der Waals surface area contributed by atoms with Crippen molar-refractivity contribution in [3.8, 4) is 0 Å². The topological polar surface area (TPSA) is 25.2 Å². The van der Waals surface area contributed by atoms with Gasteiger partial charge in [0.05, 0.1) is 6.10 Å². The highest BCUT2D eigenvalue weighted by Gasteiger charge is 2.27. The van der Waals surface area contributed by atoms with Gasteiger partial charge < -0.3 is 9.67 Å². The van der Waals surface area contributed by atoms with Gasteiger partial charge in [0.1, 0.15) is 0 Å². The van der Waals surface area contributed by atoms with E-state index < -0.39 is 0 Å². The molecule has 1 aromatic rings. The Hall–Kier alpha value is -0.760. The Labute approximate surface area is 85.6 Å². The predicted octanol–water partition coefficient (Wildman–Crippen LogP) is 2.59. The summed E-state index contributed by atoms with van der Waals surface area (Å²) in [6.45, 7) is 5.46. The van der Waals surface area contributed by atoms with Gasteiger partial charge in [0, 0.05) is 18.4 Å². The summed E-state index contributed by atoms with van der Waals surface area (Å²) >= 11 is 0. The molecule has 2 rings (SSSR count). The zero-order chi connectivity index (χ0) is 10.1. The summed E-state index contributed by atoms with van der Waals surface area (Å²) in [5, 5.41) is 10.2. The lowest BCUT2D eigenvalue weighted by Gasteiger charge is -2.24. The van der Waals surface area contributed by atoms with E-state index in [2.05, 4.69) is 24.6 Å². The summed E-state index contributed by atoms with van der Waals surface area (Å²) in [4.78, 5) is 0. The molecule has 78 valence electrons. The lowest BCUT2D eigenvalue weighted by atomic mass is 9.86. The van der Waals surface area contributed by atoms with Crippen molar-refractivity contribution in [3.63, 3.8) is 0 Å².